The second-order valence-electron chi connectivity index (χ2n) is 4.33. The maximum absolute atomic E-state index is 5.70. The summed E-state index contributed by atoms with van der Waals surface area (Å²) in [5, 5.41) is 11.8. The smallest absolute Gasteiger partial charge is 0.248 e. The standard InChI is InChI=1S/C10H16N6O/c1-6(2)10-12-9(17-14-10)5-16-4-8(7(3)11)13-15-16/h4,6-7H,5,11H2,1-3H3. The average Bonchev–Trinajstić information content (AvgIpc) is 2.87. The number of hydrogen-bond donors (Lipinski definition) is 1. The zero-order valence-corrected chi connectivity index (χ0v) is 10.2. The molecule has 0 radical (unpaired) electrons. The van der Waals surface area contributed by atoms with Gasteiger partial charge in [-0.05, 0) is 6.92 Å². The normalized spacial score (nSPS) is 13.2. The Kier molecular flexibility index (Phi) is 3.19. The van der Waals surface area contributed by atoms with Gasteiger partial charge in [-0.3, -0.25) is 0 Å². The van der Waals surface area contributed by atoms with Crippen LogP contribution in [0.1, 0.15) is 50.1 Å². The predicted octanol–water partition coefficient (Wildman–Crippen LogP) is 0.852. The number of nitrogens with zero attached hydrogens (tertiary/aromatic N) is 5. The molecule has 0 aliphatic rings. The molecule has 17 heavy (non-hydrogen) atoms. The van der Waals surface area contributed by atoms with Crippen molar-refractivity contribution in [1.82, 2.24) is 25.1 Å². The minimum absolute atomic E-state index is 0.127. The fourth-order valence-corrected chi connectivity index (χ4v) is 1.30. The van der Waals surface area contributed by atoms with Gasteiger partial charge < -0.3 is 10.3 Å². The minimum Gasteiger partial charge on any atom is -0.337 e. The summed E-state index contributed by atoms with van der Waals surface area (Å²) in [4.78, 5) is 4.26. The van der Waals surface area contributed by atoms with Gasteiger partial charge in [-0.1, -0.05) is 24.2 Å². The fraction of sp³-hybridized carbons (Fsp3) is 0.600. The Morgan fingerprint density at radius 2 is 2.18 bits per heavy atom. The fourth-order valence-electron chi connectivity index (χ4n) is 1.30. The van der Waals surface area contributed by atoms with Gasteiger partial charge in [0.05, 0.1) is 11.9 Å². The Morgan fingerprint density at radius 3 is 2.71 bits per heavy atom. The molecule has 92 valence electrons. The third-order valence-electron chi connectivity index (χ3n) is 2.32. The monoisotopic (exact) mass is 236 g/mol. The van der Waals surface area contributed by atoms with Crippen LogP contribution in [-0.2, 0) is 6.54 Å². The van der Waals surface area contributed by atoms with Gasteiger partial charge in [-0.15, -0.1) is 5.10 Å². The van der Waals surface area contributed by atoms with Crippen molar-refractivity contribution < 1.29 is 4.52 Å². The Balaban J connectivity index is 2.08. The zero-order valence-electron chi connectivity index (χ0n) is 10.2. The van der Waals surface area contributed by atoms with Crippen LogP contribution in [0, 0.1) is 0 Å². The summed E-state index contributed by atoms with van der Waals surface area (Å²) >= 11 is 0. The largest absolute Gasteiger partial charge is 0.337 e. The van der Waals surface area contributed by atoms with Gasteiger partial charge in [0.15, 0.2) is 5.82 Å². The summed E-state index contributed by atoms with van der Waals surface area (Å²) in [6, 6.07) is -0.127. The summed E-state index contributed by atoms with van der Waals surface area (Å²) in [6.45, 7) is 6.30. The molecular formula is C10H16N6O. The topological polar surface area (TPSA) is 95.7 Å². The second-order valence-corrected chi connectivity index (χ2v) is 4.33. The van der Waals surface area contributed by atoms with Crippen LogP contribution in [0.4, 0.5) is 0 Å². The van der Waals surface area contributed by atoms with Crippen LogP contribution in [0.25, 0.3) is 0 Å². The number of aromatic nitrogens is 5. The van der Waals surface area contributed by atoms with E-state index in [0.717, 1.165) is 5.69 Å². The molecule has 7 nitrogen and oxygen atoms in total. The molecule has 0 fully saturated rings. The lowest BCUT2D eigenvalue weighted by atomic mass is 10.2. The summed E-state index contributed by atoms with van der Waals surface area (Å²) in [7, 11) is 0. The van der Waals surface area contributed by atoms with E-state index in [4.69, 9.17) is 10.3 Å². The molecule has 0 aliphatic heterocycles. The van der Waals surface area contributed by atoms with Crippen molar-refractivity contribution in [1.29, 1.82) is 0 Å². The molecule has 2 rings (SSSR count). The third-order valence-corrected chi connectivity index (χ3v) is 2.32. The molecule has 0 saturated carbocycles. The molecule has 0 bridgehead atoms. The molecular weight excluding hydrogens is 220 g/mol. The Hall–Kier alpha value is -1.76. The van der Waals surface area contributed by atoms with E-state index in [1.807, 2.05) is 20.8 Å². The van der Waals surface area contributed by atoms with Gasteiger partial charge in [-0.25, -0.2) is 4.68 Å². The van der Waals surface area contributed by atoms with Crippen LogP contribution in [0.15, 0.2) is 10.7 Å². The third kappa shape index (κ3) is 2.68. The number of hydrogen-bond acceptors (Lipinski definition) is 6. The first-order valence-corrected chi connectivity index (χ1v) is 5.54. The first-order chi connectivity index (χ1) is 8.06. The van der Waals surface area contributed by atoms with Crippen LogP contribution < -0.4 is 5.73 Å². The van der Waals surface area contributed by atoms with Gasteiger partial charge in [0.1, 0.15) is 6.54 Å². The van der Waals surface area contributed by atoms with E-state index in [2.05, 4.69) is 20.5 Å². The van der Waals surface area contributed by atoms with Crippen molar-refractivity contribution in [3.8, 4) is 0 Å². The van der Waals surface area contributed by atoms with Crippen molar-refractivity contribution >= 4 is 0 Å². The highest BCUT2D eigenvalue weighted by atomic mass is 16.5. The molecule has 7 heteroatoms. The van der Waals surface area contributed by atoms with Crippen molar-refractivity contribution in [2.24, 2.45) is 5.73 Å². The summed E-state index contributed by atoms with van der Waals surface area (Å²) in [6.07, 6.45) is 1.78. The average molecular weight is 236 g/mol. The summed E-state index contributed by atoms with van der Waals surface area (Å²) in [5.74, 6) is 1.48. The number of nitrogens with two attached hydrogens (primary N) is 1. The van der Waals surface area contributed by atoms with Crippen molar-refractivity contribution in [2.45, 2.75) is 39.3 Å². The lowest BCUT2D eigenvalue weighted by Crippen LogP contribution is -2.05. The van der Waals surface area contributed by atoms with Crippen molar-refractivity contribution in [3.05, 3.63) is 23.6 Å². The van der Waals surface area contributed by atoms with E-state index in [-0.39, 0.29) is 12.0 Å². The summed E-state index contributed by atoms with van der Waals surface area (Å²) < 4.78 is 6.75. The summed E-state index contributed by atoms with van der Waals surface area (Å²) in [5.41, 5.74) is 6.44. The first kappa shape index (κ1) is 11.7. The van der Waals surface area contributed by atoms with Gasteiger partial charge in [-0.2, -0.15) is 4.98 Å². The molecule has 2 heterocycles. The highest BCUT2D eigenvalue weighted by Crippen LogP contribution is 2.10. The SMILES string of the molecule is CC(C)c1noc(Cn2cc(C(C)N)nn2)n1. The molecule has 2 aromatic rings. The molecule has 0 saturated heterocycles. The van der Waals surface area contributed by atoms with Crippen LogP contribution in [-0.4, -0.2) is 25.1 Å². The van der Waals surface area contributed by atoms with Crippen LogP contribution >= 0.6 is 0 Å². The van der Waals surface area contributed by atoms with Crippen LogP contribution in [0.2, 0.25) is 0 Å². The van der Waals surface area contributed by atoms with Crippen molar-refractivity contribution in [3.63, 3.8) is 0 Å². The van der Waals surface area contributed by atoms with Crippen LogP contribution in [0.5, 0.6) is 0 Å². The maximum Gasteiger partial charge on any atom is 0.248 e. The molecule has 1 unspecified atom stereocenters. The maximum atomic E-state index is 5.70. The quantitative estimate of drug-likeness (QED) is 0.845. The molecule has 1 atom stereocenters. The van der Waals surface area contributed by atoms with E-state index in [0.29, 0.717) is 18.3 Å². The highest BCUT2D eigenvalue weighted by Gasteiger charge is 2.11. The number of rotatable bonds is 4. The van der Waals surface area contributed by atoms with E-state index in [1.165, 1.54) is 0 Å². The van der Waals surface area contributed by atoms with E-state index in [1.54, 1.807) is 10.9 Å². The van der Waals surface area contributed by atoms with Gasteiger partial charge in [0.25, 0.3) is 0 Å². The minimum atomic E-state index is -0.127. The van der Waals surface area contributed by atoms with E-state index < -0.39 is 0 Å². The Labute approximate surface area is 99.0 Å². The zero-order chi connectivity index (χ0) is 12.4. The molecule has 2 N–H and O–H groups in total. The highest BCUT2D eigenvalue weighted by molar-refractivity contribution is 4.99. The lowest BCUT2D eigenvalue weighted by Gasteiger charge is -1.96. The van der Waals surface area contributed by atoms with E-state index >= 15 is 0 Å². The Morgan fingerprint density at radius 1 is 1.41 bits per heavy atom. The Bertz CT molecular complexity index is 442. The molecule has 2 aromatic heterocycles. The van der Waals surface area contributed by atoms with Crippen molar-refractivity contribution in [2.75, 3.05) is 0 Å². The van der Waals surface area contributed by atoms with Crippen LogP contribution in [0.3, 0.4) is 0 Å². The molecule has 0 aliphatic carbocycles. The second kappa shape index (κ2) is 4.62. The van der Waals surface area contributed by atoms with Gasteiger partial charge in [0, 0.05) is 12.0 Å². The molecule has 0 spiro atoms. The lowest BCUT2D eigenvalue weighted by molar-refractivity contribution is 0.358. The van der Waals surface area contributed by atoms with Gasteiger partial charge >= 0.3 is 0 Å². The molecule has 0 aromatic carbocycles. The van der Waals surface area contributed by atoms with Gasteiger partial charge in [0.2, 0.25) is 5.89 Å². The predicted molar refractivity (Wildman–Crippen MR) is 60.1 cm³/mol. The van der Waals surface area contributed by atoms with E-state index in [9.17, 15) is 0 Å². The first-order valence-electron chi connectivity index (χ1n) is 5.54. The molecule has 0 amide bonds.